The summed E-state index contributed by atoms with van der Waals surface area (Å²) >= 11 is 0. The van der Waals surface area contributed by atoms with Gasteiger partial charge in [0, 0.05) is 6.42 Å². The van der Waals surface area contributed by atoms with E-state index >= 15 is 0 Å². The van der Waals surface area contributed by atoms with Crippen LogP contribution in [0.25, 0.3) is 0 Å². The quantitative estimate of drug-likeness (QED) is 0.556. The predicted molar refractivity (Wildman–Crippen MR) is 44.3 cm³/mol. The van der Waals surface area contributed by atoms with Gasteiger partial charge in [0.25, 0.3) is 0 Å². The molecule has 0 aliphatic heterocycles. The molecule has 3 aliphatic carbocycles. The number of hydrogen-bond donors (Lipinski definition) is 0. The maximum absolute atomic E-state index is 10.5. The summed E-state index contributed by atoms with van der Waals surface area (Å²) in [5.41, 5.74) is 0.469. The average molecular weight is 152 g/mol. The molecule has 3 rings (SSSR count). The highest BCUT2D eigenvalue weighted by atomic mass is 16.1. The third-order valence-corrected chi connectivity index (χ3v) is 3.77. The van der Waals surface area contributed by atoms with Crippen LogP contribution < -0.4 is 0 Å². The zero-order valence-corrected chi connectivity index (χ0v) is 7.01. The van der Waals surface area contributed by atoms with Gasteiger partial charge in [0.1, 0.15) is 6.29 Å². The zero-order chi connectivity index (χ0) is 7.73. The maximum Gasteiger partial charge on any atom is 0.120 e. The Balaban J connectivity index is 2.05. The molecule has 0 amide bonds. The highest BCUT2D eigenvalue weighted by molar-refractivity contribution is 5.50. The molecule has 3 fully saturated rings. The summed E-state index contributed by atoms with van der Waals surface area (Å²) in [4.78, 5) is 10.5. The van der Waals surface area contributed by atoms with Crippen LogP contribution in [-0.4, -0.2) is 6.29 Å². The van der Waals surface area contributed by atoms with Gasteiger partial charge in [-0.05, 0) is 49.9 Å². The molecule has 11 heavy (non-hydrogen) atoms. The zero-order valence-electron chi connectivity index (χ0n) is 7.01. The second-order valence-corrected chi connectivity index (χ2v) is 4.35. The third kappa shape index (κ3) is 1.21. The fraction of sp³-hybridized carbons (Fsp3) is 0.900. The van der Waals surface area contributed by atoms with Gasteiger partial charge in [0.05, 0.1) is 0 Å². The molecule has 1 heteroatoms. The van der Waals surface area contributed by atoms with Gasteiger partial charge in [-0.3, -0.25) is 0 Å². The van der Waals surface area contributed by atoms with Crippen molar-refractivity contribution in [1.82, 2.24) is 0 Å². The molecule has 1 nitrogen and oxygen atoms in total. The molecule has 0 saturated heterocycles. The van der Waals surface area contributed by atoms with Crippen LogP contribution in [0.15, 0.2) is 0 Å². The normalized spacial score (nSPS) is 42.4. The second-order valence-electron chi connectivity index (χ2n) is 4.35. The van der Waals surface area contributed by atoms with E-state index in [4.69, 9.17) is 0 Å². The van der Waals surface area contributed by atoms with E-state index in [1.807, 2.05) is 0 Å². The summed E-state index contributed by atoms with van der Waals surface area (Å²) in [5.74, 6) is 1.02. The van der Waals surface area contributed by atoms with E-state index in [2.05, 4.69) is 0 Å². The Kier molecular flexibility index (Phi) is 1.74. The largest absolute Gasteiger partial charge is 0.303 e. The van der Waals surface area contributed by atoms with E-state index in [0.717, 1.165) is 18.6 Å². The number of aldehydes is 1. The van der Waals surface area contributed by atoms with Crippen molar-refractivity contribution in [3.8, 4) is 0 Å². The highest BCUT2D eigenvalue weighted by Gasteiger charge is 2.39. The molecule has 0 spiro atoms. The van der Waals surface area contributed by atoms with Gasteiger partial charge in [-0.25, -0.2) is 0 Å². The maximum atomic E-state index is 10.5. The summed E-state index contributed by atoms with van der Waals surface area (Å²) in [5, 5.41) is 0. The molecule has 0 aromatic rings. The molecular formula is C10H16O. The number of hydrogen-bond acceptors (Lipinski definition) is 1. The van der Waals surface area contributed by atoms with Crippen LogP contribution in [-0.2, 0) is 4.79 Å². The molecule has 0 radical (unpaired) electrons. The van der Waals surface area contributed by atoms with Crippen molar-refractivity contribution >= 4 is 6.29 Å². The van der Waals surface area contributed by atoms with Crippen LogP contribution in [0.1, 0.15) is 44.9 Å². The minimum atomic E-state index is 0.469. The Bertz CT molecular complexity index is 140. The molecule has 0 atom stereocenters. The fourth-order valence-electron chi connectivity index (χ4n) is 2.82. The van der Waals surface area contributed by atoms with Gasteiger partial charge in [0.2, 0.25) is 0 Å². The first-order valence-electron chi connectivity index (χ1n) is 4.78. The van der Waals surface area contributed by atoms with Gasteiger partial charge in [0.15, 0.2) is 0 Å². The van der Waals surface area contributed by atoms with Gasteiger partial charge >= 0.3 is 0 Å². The van der Waals surface area contributed by atoms with Crippen molar-refractivity contribution in [2.45, 2.75) is 44.9 Å². The Labute approximate surface area is 68.2 Å². The Morgan fingerprint density at radius 1 is 1.18 bits per heavy atom. The Morgan fingerprint density at radius 3 is 2.18 bits per heavy atom. The van der Waals surface area contributed by atoms with Crippen LogP contribution in [0.4, 0.5) is 0 Å². The molecule has 0 unspecified atom stereocenters. The summed E-state index contributed by atoms with van der Waals surface area (Å²) in [6.45, 7) is 0. The summed E-state index contributed by atoms with van der Waals surface area (Å²) in [7, 11) is 0. The number of rotatable bonds is 2. The van der Waals surface area contributed by atoms with Crippen molar-refractivity contribution in [2.75, 3.05) is 0 Å². The summed E-state index contributed by atoms with van der Waals surface area (Å²) in [6, 6.07) is 0. The van der Waals surface area contributed by atoms with Crippen LogP contribution in [0.3, 0.4) is 0 Å². The van der Waals surface area contributed by atoms with Gasteiger partial charge < -0.3 is 4.79 Å². The van der Waals surface area contributed by atoms with Gasteiger partial charge in [-0.2, -0.15) is 0 Å². The fourth-order valence-corrected chi connectivity index (χ4v) is 2.82. The number of carbonyl (C=O) groups is 1. The van der Waals surface area contributed by atoms with Crippen molar-refractivity contribution in [2.24, 2.45) is 11.3 Å². The topological polar surface area (TPSA) is 17.1 Å². The summed E-state index contributed by atoms with van der Waals surface area (Å²) < 4.78 is 0. The SMILES string of the molecule is O=CCC12CCC(CC1)CC2. The van der Waals surface area contributed by atoms with E-state index in [1.165, 1.54) is 38.5 Å². The monoisotopic (exact) mass is 152 g/mol. The summed E-state index contributed by atoms with van der Waals surface area (Å²) in [6.07, 6.45) is 10.1. The lowest BCUT2D eigenvalue weighted by atomic mass is 9.60. The van der Waals surface area contributed by atoms with Crippen molar-refractivity contribution in [3.05, 3.63) is 0 Å². The van der Waals surface area contributed by atoms with E-state index in [-0.39, 0.29) is 0 Å². The minimum Gasteiger partial charge on any atom is -0.303 e. The standard InChI is InChI=1S/C10H16O/c11-8-7-10-4-1-9(2-5-10)3-6-10/h8-9H,1-7H2. The molecule has 0 heterocycles. The molecular weight excluding hydrogens is 136 g/mol. The molecule has 62 valence electrons. The second kappa shape index (κ2) is 2.62. The third-order valence-electron chi connectivity index (χ3n) is 3.77. The number of fused-ring (bicyclic) bond motifs is 3. The average Bonchev–Trinajstić information content (AvgIpc) is 2.07. The molecule has 0 N–H and O–H groups in total. The van der Waals surface area contributed by atoms with Crippen LogP contribution in [0.5, 0.6) is 0 Å². The number of carbonyl (C=O) groups excluding carboxylic acids is 1. The van der Waals surface area contributed by atoms with E-state index < -0.39 is 0 Å². The van der Waals surface area contributed by atoms with Crippen molar-refractivity contribution < 1.29 is 4.79 Å². The van der Waals surface area contributed by atoms with Crippen LogP contribution in [0.2, 0.25) is 0 Å². The van der Waals surface area contributed by atoms with Crippen molar-refractivity contribution in [3.63, 3.8) is 0 Å². The van der Waals surface area contributed by atoms with E-state index in [1.54, 1.807) is 0 Å². The van der Waals surface area contributed by atoms with Gasteiger partial charge in [-0.15, -0.1) is 0 Å². The smallest absolute Gasteiger partial charge is 0.120 e. The first kappa shape index (κ1) is 7.33. The molecule has 0 aromatic carbocycles. The lowest BCUT2D eigenvalue weighted by molar-refractivity contribution is -0.111. The lowest BCUT2D eigenvalue weighted by Gasteiger charge is -2.45. The Morgan fingerprint density at radius 2 is 1.73 bits per heavy atom. The van der Waals surface area contributed by atoms with Crippen LogP contribution >= 0.6 is 0 Å². The molecule has 0 aromatic heterocycles. The Hall–Kier alpha value is -0.330. The predicted octanol–water partition coefficient (Wildman–Crippen LogP) is 2.55. The minimum absolute atomic E-state index is 0.469. The first-order valence-corrected chi connectivity index (χ1v) is 4.78. The van der Waals surface area contributed by atoms with Gasteiger partial charge in [-0.1, -0.05) is 0 Å². The van der Waals surface area contributed by atoms with Crippen molar-refractivity contribution in [1.29, 1.82) is 0 Å². The molecule has 3 aliphatic rings. The van der Waals surface area contributed by atoms with Crippen LogP contribution in [0, 0.1) is 11.3 Å². The first-order chi connectivity index (χ1) is 5.35. The molecule has 2 bridgehead atoms. The lowest BCUT2D eigenvalue weighted by Crippen LogP contribution is -2.34. The van der Waals surface area contributed by atoms with E-state index in [9.17, 15) is 4.79 Å². The highest BCUT2D eigenvalue weighted by Crippen LogP contribution is 2.51. The molecule has 3 saturated carbocycles. The van der Waals surface area contributed by atoms with E-state index in [0.29, 0.717) is 5.41 Å².